The molecule has 0 bridgehead atoms. The minimum absolute atomic E-state index is 0.136. The molecule has 0 spiro atoms. The number of piperidine rings is 1. The zero-order valence-corrected chi connectivity index (χ0v) is 15.9. The van der Waals surface area contributed by atoms with E-state index in [-0.39, 0.29) is 17.4 Å². The number of hydrogen-bond acceptors (Lipinski definition) is 2. The quantitative estimate of drug-likeness (QED) is 0.853. The first-order valence-corrected chi connectivity index (χ1v) is 9.64. The fraction of sp³-hybridized carbons (Fsp3) is 0.435. The van der Waals surface area contributed by atoms with E-state index >= 15 is 0 Å². The maximum Gasteiger partial charge on any atom is 0.223 e. The maximum absolute atomic E-state index is 12.7. The molecule has 3 nitrogen and oxygen atoms in total. The molecule has 0 atom stereocenters. The van der Waals surface area contributed by atoms with Gasteiger partial charge in [-0.2, -0.15) is 0 Å². The highest BCUT2D eigenvalue weighted by Crippen LogP contribution is 2.21. The molecule has 1 saturated heterocycles. The number of benzene rings is 2. The largest absolute Gasteiger partial charge is 0.351 e. The van der Waals surface area contributed by atoms with Gasteiger partial charge in [0.1, 0.15) is 0 Å². The van der Waals surface area contributed by atoms with Crippen LogP contribution in [-0.2, 0) is 17.8 Å². The third-order valence-corrected chi connectivity index (χ3v) is 5.16. The number of carbonyl (C=O) groups excluding carboxylic acids is 1. The van der Waals surface area contributed by atoms with Crippen LogP contribution < -0.4 is 5.32 Å². The Labute approximate surface area is 157 Å². The number of hydrogen-bond donors (Lipinski definition) is 1. The monoisotopic (exact) mass is 350 g/mol. The normalized spacial score (nSPS) is 16.4. The van der Waals surface area contributed by atoms with E-state index in [0.29, 0.717) is 0 Å². The van der Waals surface area contributed by atoms with Crippen molar-refractivity contribution in [3.05, 3.63) is 71.8 Å². The molecular formula is C23H30N2O. The third kappa shape index (κ3) is 5.43. The van der Waals surface area contributed by atoms with Crippen molar-refractivity contribution < 1.29 is 4.79 Å². The van der Waals surface area contributed by atoms with Crippen LogP contribution in [0.3, 0.4) is 0 Å². The first-order valence-electron chi connectivity index (χ1n) is 9.64. The second kappa shape index (κ2) is 8.50. The first kappa shape index (κ1) is 18.7. The Balaban J connectivity index is 1.47. The van der Waals surface area contributed by atoms with Crippen LogP contribution in [0.5, 0.6) is 0 Å². The Morgan fingerprint density at radius 2 is 1.50 bits per heavy atom. The zero-order chi connectivity index (χ0) is 18.4. The summed E-state index contributed by atoms with van der Waals surface area (Å²) in [5.74, 6) is 0.349. The molecule has 0 radical (unpaired) electrons. The molecule has 1 fully saturated rings. The van der Waals surface area contributed by atoms with E-state index in [9.17, 15) is 4.79 Å². The van der Waals surface area contributed by atoms with Gasteiger partial charge in [-0.25, -0.2) is 0 Å². The SMILES string of the molecule is CC(C)(Cc1ccccc1)NC(=O)C1CCN(Cc2ccccc2)CC1. The van der Waals surface area contributed by atoms with Crippen LogP contribution in [0.25, 0.3) is 0 Å². The summed E-state index contributed by atoms with van der Waals surface area (Å²) in [5.41, 5.74) is 2.38. The van der Waals surface area contributed by atoms with Gasteiger partial charge in [-0.1, -0.05) is 60.7 Å². The van der Waals surface area contributed by atoms with Crippen molar-refractivity contribution >= 4 is 5.91 Å². The van der Waals surface area contributed by atoms with Crippen LogP contribution >= 0.6 is 0 Å². The smallest absolute Gasteiger partial charge is 0.223 e. The summed E-state index contributed by atoms with van der Waals surface area (Å²) in [6.07, 6.45) is 2.74. The van der Waals surface area contributed by atoms with Gasteiger partial charge in [-0.05, 0) is 57.3 Å². The van der Waals surface area contributed by atoms with E-state index in [0.717, 1.165) is 38.9 Å². The van der Waals surface area contributed by atoms with Gasteiger partial charge in [-0.3, -0.25) is 9.69 Å². The fourth-order valence-electron chi connectivity index (χ4n) is 3.78. The molecule has 26 heavy (non-hydrogen) atoms. The molecule has 0 saturated carbocycles. The van der Waals surface area contributed by atoms with Crippen molar-refractivity contribution in [1.82, 2.24) is 10.2 Å². The summed E-state index contributed by atoms with van der Waals surface area (Å²) < 4.78 is 0. The van der Waals surface area contributed by atoms with Crippen molar-refractivity contribution in [2.24, 2.45) is 5.92 Å². The molecule has 1 N–H and O–H groups in total. The maximum atomic E-state index is 12.7. The second-order valence-corrected chi connectivity index (χ2v) is 8.07. The number of amides is 1. The van der Waals surface area contributed by atoms with E-state index in [1.807, 2.05) is 6.07 Å². The summed E-state index contributed by atoms with van der Waals surface area (Å²) >= 11 is 0. The molecule has 3 rings (SSSR count). The van der Waals surface area contributed by atoms with Crippen molar-refractivity contribution in [1.29, 1.82) is 0 Å². The fourth-order valence-corrected chi connectivity index (χ4v) is 3.78. The van der Waals surface area contributed by atoms with Gasteiger partial charge in [0.2, 0.25) is 5.91 Å². The van der Waals surface area contributed by atoms with Crippen molar-refractivity contribution in [3.8, 4) is 0 Å². The molecular weight excluding hydrogens is 320 g/mol. The molecule has 3 heteroatoms. The Kier molecular flexibility index (Phi) is 6.10. The van der Waals surface area contributed by atoms with Gasteiger partial charge in [0.25, 0.3) is 0 Å². The number of likely N-dealkylation sites (tertiary alicyclic amines) is 1. The van der Waals surface area contributed by atoms with Crippen molar-refractivity contribution in [2.75, 3.05) is 13.1 Å². The summed E-state index contributed by atoms with van der Waals surface area (Å²) in [6.45, 7) is 7.19. The predicted octanol–water partition coefficient (Wildman–Crippen LogP) is 4.04. The van der Waals surface area contributed by atoms with Gasteiger partial charge in [0.15, 0.2) is 0 Å². The first-order chi connectivity index (χ1) is 12.5. The van der Waals surface area contributed by atoms with E-state index < -0.39 is 0 Å². The third-order valence-electron chi connectivity index (χ3n) is 5.16. The van der Waals surface area contributed by atoms with Gasteiger partial charge < -0.3 is 5.32 Å². The van der Waals surface area contributed by atoms with Crippen molar-refractivity contribution in [2.45, 2.75) is 45.2 Å². The molecule has 1 amide bonds. The summed E-state index contributed by atoms with van der Waals surface area (Å²) in [6, 6.07) is 20.9. The highest BCUT2D eigenvalue weighted by atomic mass is 16.2. The lowest BCUT2D eigenvalue weighted by atomic mass is 9.91. The standard InChI is InChI=1S/C23H30N2O/c1-23(2,17-19-9-5-3-6-10-19)24-22(26)21-13-15-25(16-14-21)18-20-11-7-4-8-12-20/h3-12,21H,13-18H2,1-2H3,(H,24,26). The number of carbonyl (C=O) groups is 1. The lowest BCUT2D eigenvalue weighted by Gasteiger charge is -2.34. The topological polar surface area (TPSA) is 32.3 Å². The van der Waals surface area contributed by atoms with Crippen LogP contribution in [0, 0.1) is 5.92 Å². The van der Waals surface area contributed by atoms with E-state index in [1.165, 1.54) is 11.1 Å². The van der Waals surface area contributed by atoms with E-state index in [2.05, 4.69) is 78.7 Å². The van der Waals surface area contributed by atoms with Gasteiger partial charge in [0, 0.05) is 18.0 Å². The highest BCUT2D eigenvalue weighted by molar-refractivity contribution is 5.79. The molecule has 0 unspecified atom stereocenters. The molecule has 1 heterocycles. The number of nitrogens with one attached hydrogen (secondary N) is 1. The van der Waals surface area contributed by atoms with E-state index in [1.54, 1.807) is 0 Å². The van der Waals surface area contributed by atoms with Crippen LogP contribution in [0.1, 0.15) is 37.8 Å². The molecule has 2 aromatic rings. The van der Waals surface area contributed by atoms with Gasteiger partial charge in [0.05, 0.1) is 0 Å². The molecule has 0 aliphatic carbocycles. The molecule has 0 aromatic heterocycles. The minimum Gasteiger partial charge on any atom is -0.351 e. The zero-order valence-electron chi connectivity index (χ0n) is 15.9. The Hall–Kier alpha value is -2.13. The van der Waals surface area contributed by atoms with Crippen LogP contribution in [0.15, 0.2) is 60.7 Å². The molecule has 138 valence electrons. The average Bonchev–Trinajstić information content (AvgIpc) is 2.63. The lowest BCUT2D eigenvalue weighted by Crippen LogP contribution is -2.49. The highest BCUT2D eigenvalue weighted by Gasteiger charge is 2.29. The summed E-state index contributed by atoms with van der Waals surface area (Å²) in [7, 11) is 0. The molecule has 1 aliphatic rings. The number of nitrogens with zero attached hydrogens (tertiary/aromatic N) is 1. The van der Waals surface area contributed by atoms with Crippen LogP contribution in [0.2, 0.25) is 0 Å². The van der Waals surface area contributed by atoms with Gasteiger partial charge in [-0.15, -0.1) is 0 Å². The average molecular weight is 351 g/mol. The Morgan fingerprint density at radius 1 is 0.962 bits per heavy atom. The predicted molar refractivity (Wildman–Crippen MR) is 107 cm³/mol. The molecule has 1 aliphatic heterocycles. The lowest BCUT2D eigenvalue weighted by molar-refractivity contribution is -0.128. The Morgan fingerprint density at radius 3 is 2.08 bits per heavy atom. The number of rotatable bonds is 6. The Bertz CT molecular complexity index is 689. The summed E-state index contributed by atoms with van der Waals surface area (Å²) in [4.78, 5) is 15.2. The van der Waals surface area contributed by atoms with Crippen LogP contribution in [0.4, 0.5) is 0 Å². The molecule has 2 aromatic carbocycles. The van der Waals surface area contributed by atoms with E-state index in [4.69, 9.17) is 0 Å². The van der Waals surface area contributed by atoms with Gasteiger partial charge >= 0.3 is 0 Å². The van der Waals surface area contributed by atoms with Crippen LogP contribution in [-0.4, -0.2) is 29.4 Å². The van der Waals surface area contributed by atoms with Crippen molar-refractivity contribution in [3.63, 3.8) is 0 Å². The second-order valence-electron chi connectivity index (χ2n) is 8.07. The minimum atomic E-state index is -0.223. The summed E-state index contributed by atoms with van der Waals surface area (Å²) in [5, 5.41) is 3.28.